The molecular formula is C16H26N3O2S. The van der Waals surface area contributed by atoms with Gasteiger partial charge in [-0.2, -0.15) is 11.8 Å². The van der Waals surface area contributed by atoms with Crippen LogP contribution in [0.1, 0.15) is 44.9 Å². The number of thioether (sulfide) groups is 1. The van der Waals surface area contributed by atoms with Gasteiger partial charge in [0.2, 0.25) is 5.91 Å². The summed E-state index contributed by atoms with van der Waals surface area (Å²) in [6.45, 7) is 1.46. The summed E-state index contributed by atoms with van der Waals surface area (Å²) in [5.74, 6) is 1.56. The first kappa shape index (κ1) is 16.1. The molecule has 1 spiro atoms. The minimum absolute atomic E-state index is 0.00428. The lowest BCUT2D eigenvalue weighted by molar-refractivity contribution is -0.137. The molecule has 1 atom stereocenters. The highest BCUT2D eigenvalue weighted by atomic mass is 32.2. The average Bonchev–Trinajstić information content (AvgIpc) is 3.14. The topological polar surface area (TPSA) is 63.5 Å². The molecule has 0 aromatic heterocycles. The van der Waals surface area contributed by atoms with Gasteiger partial charge in [0.05, 0.1) is 6.04 Å². The second-order valence-electron chi connectivity index (χ2n) is 6.77. The van der Waals surface area contributed by atoms with Gasteiger partial charge in [-0.3, -0.25) is 14.9 Å². The third-order valence-corrected chi connectivity index (χ3v) is 5.93. The van der Waals surface area contributed by atoms with E-state index in [0.29, 0.717) is 5.91 Å². The van der Waals surface area contributed by atoms with E-state index >= 15 is 0 Å². The Labute approximate surface area is 137 Å². The summed E-state index contributed by atoms with van der Waals surface area (Å²) in [5, 5.41) is 7.86. The van der Waals surface area contributed by atoms with Crippen LogP contribution >= 0.6 is 11.8 Å². The number of nitrogens with one attached hydrogen (secondary N) is 1. The fourth-order valence-corrected chi connectivity index (χ4v) is 4.39. The van der Waals surface area contributed by atoms with Crippen molar-refractivity contribution >= 4 is 23.6 Å². The quantitative estimate of drug-likeness (QED) is 0.848. The van der Waals surface area contributed by atoms with Crippen LogP contribution in [0.25, 0.3) is 0 Å². The van der Waals surface area contributed by atoms with Crippen LogP contribution < -0.4 is 10.6 Å². The predicted octanol–water partition coefficient (Wildman–Crippen LogP) is 1.35. The van der Waals surface area contributed by atoms with Crippen molar-refractivity contribution in [2.45, 2.75) is 56.7 Å². The van der Waals surface area contributed by atoms with Gasteiger partial charge in [-0.15, -0.1) is 0 Å². The fraction of sp³-hybridized carbons (Fsp3) is 0.875. The minimum atomic E-state index is -0.396. The molecule has 1 aliphatic carbocycles. The van der Waals surface area contributed by atoms with Gasteiger partial charge in [-0.25, -0.2) is 5.32 Å². The normalized spacial score (nSPS) is 28.3. The predicted molar refractivity (Wildman–Crippen MR) is 87.6 cm³/mol. The first-order chi connectivity index (χ1) is 10.6. The molecule has 6 heteroatoms. The maximum Gasteiger partial charge on any atom is 0.260 e. The number of likely N-dealkylation sites (tertiary alicyclic amines) is 1. The van der Waals surface area contributed by atoms with E-state index in [1.54, 1.807) is 11.8 Å². The molecule has 0 aromatic rings. The summed E-state index contributed by atoms with van der Waals surface area (Å²) >= 11 is 1.76. The summed E-state index contributed by atoms with van der Waals surface area (Å²) in [5.41, 5.74) is -0.396. The van der Waals surface area contributed by atoms with Gasteiger partial charge in [0.1, 0.15) is 5.66 Å². The van der Waals surface area contributed by atoms with Crippen molar-refractivity contribution in [1.29, 1.82) is 0 Å². The van der Waals surface area contributed by atoms with Crippen LogP contribution in [0, 0.1) is 5.92 Å². The maximum absolute atomic E-state index is 12.5. The highest BCUT2D eigenvalue weighted by Gasteiger charge is 2.47. The molecule has 1 unspecified atom stereocenters. The van der Waals surface area contributed by atoms with Crippen molar-refractivity contribution in [2.75, 3.05) is 25.1 Å². The zero-order valence-corrected chi connectivity index (χ0v) is 14.2. The van der Waals surface area contributed by atoms with E-state index in [2.05, 4.69) is 16.9 Å². The molecule has 0 aromatic carbocycles. The van der Waals surface area contributed by atoms with Crippen LogP contribution in [-0.2, 0) is 9.59 Å². The van der Waals surface area contributed by atoms with Gasteiger partial charge < -0.3 is 4.90 Å². The van der Waals surface area contributed by atoms with Gasteiger partial charge >= 0.3 is 0 Å². The Kier molecular flexibility index (Phi) is 4.97. The summed E-state index contributed by atoms with van der Waals surface area (Å²) in [4.78, 5) is 26.5. The Hall–Kier alpha value is -0.750. The van der Waals surface area contributed by atoms with E-state index in [1.165, 1.54) is 12.8 Å². The summed E-state index contributed by atoms with van der Waals surface area (Å²) in [6, 6.07) is -0.121. The Bertz CT molecular complexity index is 429. The van der Waals surface area contributed by atoms with Crippen molar-refractivity contribution in [3.05, 3.63) is 0 Å². The summed E-state index contributed by atoms with van der Waals surface area (Å²) in [6.07, 6.45) is 8.93. The van der Waals surface area contributed by atoms with Gasteiger partial charge in [0, 0.05) is 31.8 Å². The summed E-state index contributed by atoms with van der Waals surface area (Å²) in [7, 11) is 0. The number of nitrogens with zero attached hydrogens (tertiary/aromatic N) is 2. The number of rotatable bonds is 4. The number of carbonyl (C=O) groups is 2. The highest BCUT2D eigenvalue weighted by Crippen LogP contribution is 2.31. The van der Waals surface area contributed by atoms with Crippen LogP contribution in [0.15, 0.2) is 0 Å². The van der Waals surface area contributed by atoms with Crippen LogP contribution in [0.4, 0.5) is 0 Å². The van der Waals surface area contributed by atoms with E-state index in [-0.39, 0.29) is 17.9 Å². The molecule has 3 fully saturated rings. The van der Waals surface area contributed by atoms with E-state index in [9.17, 15) is 9.59 Å². The minimum Gasteiger partial charge on any atom is -0.342 e. The second-order valence-corrected chi connectivity index (χ2v) is 7.75. The number of piperidine rings is 1. The maximum atomic E-state index is 12.5. The van der Waals surface area contributed by atoms with Crippen molar-refractivity contribution in [3.8, 4) is 0 Å². The number of hydrogen-bond donors (Lipinski definition) is 1. The lowest BCUT2D eigenvalue weighted by Gasteiger charge is -2.39. The van der Waals surface area contributed by atoms with E-state index < -0.39 is 5.66 Å². The molecule has 2 aliphatic heterocycles. The van der Waals surface area contributed by atoms with E-state index in [0.717, 1.165) is 50.9 Å². The van der Waals surface area contributed by atoms with Crippen molar-refractivity contribution in [1.82, 2.24) is 15.5 Å². The van der Waals surface area contributed by atoms with E-state index in [4.69, 9.17) is 0 Å². The average molecular weight is 324 g/mol. The first-order valence-corrected chi connectivity index (χ1v) is 9.85. The van der Waals surface area contributed by atoms with Gasteiger partial charge in [0.25, 0.3) is 5.91 Å². The smallest absolute Gasteiger partial charge is 0.260 e. The zero-order chi connectivity index (χ0) is 15.6. The van der Waals surface area contributed by atoms with Crippen molar-refractivity contribution in [2.24, 2.45) is 5.92 Å². The standard InChI is InChI=1S/C16H26N3O2S/c1-22-11-6-13-14(20)18-16(17-13)7-9-19(10-8-16)15(21)12-4-2-3-5-12/h12-13,17H,2-11H2,1H3. The van der Waals surface area contributed by atoms with Crippen LogP contribution in [0.2, 0.25) is 0 Å². The van der Waals surface area contributed by atoms with Crippen LogP contribution in [0.5, 0.6) is 0 Å². The lowest BCUT2D eigenvalue weighted by atomic mass is 9.96. The molecular weight excluding hydrogens is 298 g/mol. The monoisotopic (exact) mass is 324 g/mol. The molecule has 2 heterocycles. The molecule has 5 nitrogen and oxygen atoms in total. The number of carbonyl (C=O) groups excluding carboxylic acids is 2. The zero-order valence-electron chi connectivity index (χ0n) is 13.3. The molecule has 3 rings (SSSR count). The molecule has 123 valence electrons. The van der Waals surface area contributed by atoms with Crippen molar-refractivity contribution in [3.63, 3.8) is 0 Å². The lowest BCUT2D eigenvalue weighted by Crippen LogP contribution is -2.56. The van der Waals surface area contributed by atoms with Crippen molar-refractivity contribution < 1.29 is 9.59 Å². The van der Waals surface area contributed by atoms with E-state index in [1.807, 2.05) is 4.90 Å². The van der Waals surface area contributed by atoms with Crippen LogP contribution in [0.3, 0.4) is 0 Å². The summed E-state index contributed by atoms with van der Waals surface area (Å²) < 4.78 is 0. The molecule has 1 radical (unpaired) electrons. The third kappa shape index (κ3) is 3.27. The third-order valence-electron chi connectivity index (χ3n) is 5.28. The highest BCUT2D eigenvalue weighted by molar-refractivity contribution is 7.98. The van der Waals surface area contributed by atoms with Gasteiger partial charge in [-0.05, 0) is 31.3 Å². The Morgan fingerprint density at radius 2 is 2.05 bits per heavy atom. The van der Waals surface area contributed by atoms with Gasteiger partial charge in [0.15, 0.2) is 0 Å². The largest absolute Gasteiger partial charge is 0.342 e. The molecule has 0 bridgehead atoms. The molecule has 2 amide bonds. The Balaban J connectivity index is 1.53. The molecule has 1 N–H and O–H groups in total. The van der Waals surface area contributed by atoms with Gasteiger partial charge in [-0.1, -0.05) is 12.8 Å². The SMILES string of the molecule is CSCCC1NC2(CCN(C(=O)C3CCCC3)CC2)[N]C1=O. The molecule has 1 saturated carbocycles. The molecule has 2 saturated heterocycles. The first-order valence-electron chi connectivity index (χ1n) is 8.46. The number of amides is 2. The Morgan fingerprint density at radius 3 is 2.68 bits per heavy atom. The Morgan fingerprint density at radius 1 is 1.36 bits per heavy atom. The number of hydrogen-bond acceptors (Lipinski definition) is 4. The fourth-order valence-electron chi connectivity index (χ4n) is 3.92. The van der Waals surface area contributed by atoms with Crippen LogP contribution in [-0.4, -0.2) is 53.5 Å². The molecule has 3 aliphatic rings. The second kappa shape index (κ2) is 6.79. The molecule has 22 heavy (non-hydrogen) atoms.